The van der Waals surface area contributed by atoms with E-state index in [2.05, 4.69) is 43.5 Å². The van der Waals surface area contributed by atoms with E-state index >= 15 is 0 Å². The molecule has 6 heteroatoms. The molecule has 1 aromatic heterocycles. The number of benzene rings is 2. The highest BCUT2D eigenvalue weighted by Crippen LogP contribution is 2.27. The fourth-order valence-corrected chi connectivity index (χ4v) is 3.38. The van der Waals surface area contributed by atoms with Crippen LogP contribution in [0.15, 0.2) is 54.6 Å². The molecule has 0 radical (unpaired) electrons. The van der Waals surface area contributed by atoms with Gasteiger partial charge in [0.1, 0.15) is 0 Å². The molecule has 0 spiro atoms. The van der Waals surface area contributed by atoms with E-state index in [1.807, 2.05) is 37.3 Å². The molecule has 3 rings (SSSR count). The topological polar surface area (TPSA) is 71.2 Å². The van der Waals surface area contributed by atoms with Crippen molar-refractivity contribution < 1.29 is 4.79 Å². The number of carbonyl (C=O) groups excluding carboxylic acids is 1. The molecule has 1 unspecified atom stereocenters. The lowest BCUT2D eigenvalue weighted by Gasteiger charge is -2.22. The Kier molecular flexibility index (Phi) is 6.44. The molecule has 0 bridgehead atoms. The highest BCUT2D eigenvalue weighted by Gasteiger charge is 2.16. The first-order valence-electron chi connectivity index (χ1n) is 9.82. The number of hydrogen-bond donors (Lipinski definition) is 2. The first-order valence-corrected chi connectivity index (χ1v) is 10.2. The average molecular weight is 407 g/mol. The van der Waals surface area contributed by atoms with Crippen LogP contribution in [0.3, 0.4) is 0 Å². The fourth-order valence-electron chi connectivity index (χ4n) is 3.20. The predicted molar refractivity (Wildman–Crippen MR) is 123 cm³/mol. The van der Waals surface area contributed by atoms with Crippen LogP contribution in [0.4, 0.5) is 0 Å². The number of pyridine rings is 1. The molecule has 0 fully saturated rings. The Morgan fingerprint density at radius 3 is 2.48 bits per heavy atom. The Hall–Kier alpha value is -2.99. The minimum atomic E-state index is -0.268. The Labute approximate surface area is 176 Å². The smallest absolute Gasteiger partial charge is 0.270 e. The third-order valence-corrected chi connectivity index (χ3v) is 5.39. The van der Waals surface area contributed by atoms with Crippen LogP contribution in [0.25, 0.3) is 22.2 Å². The average Bonchev–Trinajstić information content (AvgIpc) is 2.75. The summed E-state index contributed by atoms with van der Waals surface area (Å²) >= 11 is 5.00. The summed E-state index contributed by atoms with van der Waals surface area (Å²) in [5, 5.41) is 2.36. The normalized spacial score (nSPS) is 11.8. The maximum atomic E-state index is 13.0. The van der Waals surface area contributed by atoms with Gasteiger partial charge in [0.15, 0.2) is 5.11 Å². The van der Waals surface area contributed by atoms with Crippen molar-refractivity contribution in [3.05, 3.63) is 65.7 Å². The highest BCUT2D eigenvalue weighted by molar-refractivity contribution is 7.80. The van der Waals surface area contributed by atoms with Gasteiger partial charge >= 0.3 is 0 Å². The monoisotopic (exact) mass is 406 g/mol. The van der Waals surface area contributed by atoms with Crippen LogP contribution in [0.2, 0.25) is 0 Å². The van der Waals surface area contributed by atoms with E-state index < -0.39 is 0 Å². The van der Waals surface area contributed by atoms with Crippen LogP contribution >= 0.6 is 12.2 Å². The van der Waals surface area contributed by atoms with Gasteiger partial charge in [0.2, 0.25) is 0 Å². The zero-order valence-corrected chi connectivity index (χ0v) is 17.8. The number of rotatable bonds is 5. The Morgan fingerprint density at radius 1 is 1.17 bits per heavy atom. The van der Waals surface area contributed by atoms with Gasteiger partial charge in [0.25, 0.3) is 5.91 Å². The number of para-hydroxylation sites is 1. The molecule has 3 aromatic rings. The molecule has 29 heavy (non-hydrogen) atoms. The molecule has 0 saturated heterocycles. The fraction of sp³-hybridized carbons (Fsp3) is 0.261. The van der Waals surface area contributed by atoms with Crippen molar-refractivity contribution in [3.8, 4) is 11.3 Å². The number of carbonyl (C=O) groups is 1. The largest absolute Gasteiger partial charge is 0.375 e. The molecule has 0 aliphatic heterocycles. The summed E-state index contributed by atoms with van der Waals surface area (Å²) in [4.78, 5) is 17.8. The molecule has 3 N–H and O–H groups in total. The lowest BCUT2D eigenvalue weighted by molar-refractivity contribution is 0.0876. The van der Waals surface area contributed by atoms with E-state index in [-0.39, 0.29) is 11.0 Å². The maximum absolute atomic E-state index is 13.0. The third-order valence-electron chi connectivity index (χ3n) is 5.17. The molecule has 1 amide bonds. The summed E-state index contributed by atoms with van der Waals surface area (Å²) in [6, 6.07) is 17.8. The molecular formula is C23H26N4OS. The molecule has 0 aliphatic carbocycles. The molecule has 1 atom stereocenters. The minimum Gasteiger partial charge on any atom is -0.375 e. The van der Waals surface area contributed by atoms with Gasteiger partial charge in [-0.05, 0) is 49.2 Å². The molecule has 0 saturated carbocycles. The zero-order chi connectivity index (χ0) is 21.0. The lowest BCUT2D eigenvalue weighted by Crippen LogP contribution is -2.48. The molecule has 5 nitrogen and oxygen atoms in total. The summed E-state index contributed by atoms with van der Waals surface area (Å²) in [6.07, 6.45) is 1.09. The maximum Gasteiger partial charge on any atom is 0.270 e. The van der Waals surface area contributed by atoms with Crippen LogP contribution in [0.1, 0.15) is 49.0 Å². The van der Waals surface area contributed by atoms with Crippen LogP contribution in [0.5, 0.6) is 0 Å². The molecule has 0 aliphatic rings. The SMILES string of the molecule is CCC(C)c1ccc(-c2cc(C(=O)NN(CC)C(N)=S)c3ccccc3n2)cc1. The van der Waals surface area contributed by atoms with Gasteiger partial charge in [-0.3, -0.25) is 15.2 Å². The van der Waals surface area contributed by atoms with Crippen molar-refractivity contribution >= 4 is 34.1 Å². The summed E-state index contributed by atoms with van der Waals surface area (Å²) < 4.78 is 0. The second-order valence-electron chi connectivity index (χ2n) is 7.03. The predicted octanol–water partition coefficient (Wildman–Crippen LogP) is 4.63. The van der Waals surface area contributed by atoms with Crippen LogP contribution in [-0.4, -0.2) is 27.6 Å². The van der Waals surface area contributed by atoms with Crippen molar-refractivity contribution in [1.29, 1.82) is 0 Å². The standard InChI is InChI=1S/C23H26N4OS/c1-4-15(3)16-10-12-17(13-11-16)21-14-19(18-8-6-7-9-20(18)25-21)22(28)26-27(5-2)23(24)29/h6-15H,4-5H2,1-3H3,(H2,24,29)(H,26,28). The van der Waals surface area contributed by atoms with Gasteiger partial charge in [-0.1, -0.05) is 56.3 Å². The first kappa shape index (κ1) is 20.7. The van der Waals surface area contributed by atoms with Crippen molar-refractivity contribution in [1.82, 2.24) is 15.4 Å². The third kappa shape index (κ3) is 4.54. The molecule has 1 heterocycles. The number of nitrogens with zero attached hydrogens (tertiary/aromatic N) is 2. The zero-order valence-electron chi connectivity index (χ0n) is 17.0. The number of hydrogen-bond acceptors (Lipinski definition) is 3. The first-order chi connectivity index (χ1) is 13.9. The Bertz CT molecular complexity index is 1030. The van der Waals surface area contributed by atoms with E-state index in [4.69, 9.17) is 22.9 Å². The molecule has 150 valence electrons. The number of fused-ring (bicyclic) bond motifs is 1. The summed E-state index contributed by atoms with van der Waals surface area (Å²) in [7, 11) is 0. The van der Waals surface area contributed by atoms with Gasteiger partial charge in [0.05, 0.1) is 16.8 Å². The van der Waals surface area contributed by atoms with E-state index in [1.54, 1.807) is 0 Å². The lowest BCUT2D eigenvalue weighted by atomic mass is 9.96. The van der Waals surface area contributed by atoms with E-state index in [0.717, 1.165) is 28.6 Å². The van der Waals surface area contributed by atoms with Crippen LogP contribution in [-0.2, 0) is 0 Å². The Morgan fingerprint density at radius 2 is 1.86 bits per heavy atom. The number of hydrazine groups is 1. The molecule has 2 aromatic carbocycles. The number of aromatic nitrogens is 1. The second-order valence-corrected chi connectivity index (χ2v) is 7.45. The van der Waals surface area contributed by atoms with Crippen LogP contribution < -0.4 is 11.2 Å². The number of amides is 1. The summed E-state index contributed by atoms with van der Waals surface area (Å²) in [5.74, 6) is 0.241. The summed E-state index contributed by atoms with van der Waals surface area (Å²) in [5.41, 5.74) is 12.8. The Balaban J connectivity index is 2.04. The second kappa shape index (κ2) is 9.01. The van der Waals surface area contributed by atoms with Crippen LogP contribution in [0, 0.1) is 0 Å². The summed E-state index contributed by atoms with van der Waals surface area (Å²) in [6.45, 7) is 6.75. The van der Waals surface area contributed by atoms with Gasteiger partial charge in [0, 0.05) is 17.5 Å². The van der Waals surface area contributed by atoms with Gasteiger partial charge < -0.3 is 5.73 Å². The van der Waals surface area contributed by atoms with Crippen molar-refractivity contribution in [3.63, 3.8) is 0 Å². The van der Waals surface area contributed by atoms with Crippen molar-refractivity contribution in [2.24, 2.45) is 5.73 Å². The highest BCUT2D eigenvalue weighted by atomic mass is 32.1. The van der Waals surface area contributed by atoms with Crippen molar-refractivity contribution in [2.75, 3.05) is 6.54 Å². The van der Waals surface area contributed by atoms with Gasteiger partial charge in [-0.25, -0.2) is 4.98 Å². The van der Waals surface area contributed by atoms with E-state index in [9.17, 15) is 4.79 Å². The molecular weight excluding hydrogens is 380 g/mol. The van der Waals surface area contributed by atoms with Gasteiger partial charge in [-0.15, -0.1) is 0 Å². The minimum absolute atomic E-state index is 0.125. The van der Waals surface area contributed by atoms with E-state index in [0.29, 0.717) is 18.0 Å². The number of thiocarbonyl (C=S) groups is 1. The van der Waals surface area contributed by atoms with E-state index in [1.165, 1.54) is 10.6 Å². The number of nitrogens with one attached hydrogen (secondary N) is 1. The van der Waals surface area contributed by atoms with Crippen molar-refractivity contribution in [2.45, 2.75) is 33.1 Å². The quantitative estimate of drug-likeness (QED) is 0.478. The van der Waals surface area contributed by atoms with Gasteiger partial charge in [-0.2, -0.15) is 0 Å². The number of nitrogens with two attached hydrogens (primary N) is 1.